The van der Waals surface area contributed by atoms with Gasteiger partial charge in [0.25, 0.3) is 0 Å². The lowest BCUT2D eigenvalue weighted by Gasteiger charge is -2.06. The molecule has 0 atom stereocenters. The van der Waals surface area contributed by atoms with Gasteiger partial charge in [0.15, 0.2) is 0 Å². The van der Waals surface area contributed by atoms with Gasteiger partial charge in [-0.2, -0.15) is 0 Å². The molecule has 2 N–H and O–H groups in total. The second-order valence-corrected chi connectivity index (χ2v) is 4.68. The van der Waals surface area contributed by atoms with E-state index in [1.165, 1.54) is 0 Å². The topological polar surface area (TPSA) is 48.1 Å². The molecule has 3 aromatic rings. The molecule has 0 saturated heterocycles. The van der Waals surface area contributed by atoms with Crippen molar-refractivity contribution < 1.29 is 4.74 Å². The van der Waals surface area contributed by atoms with Gasteiger partial charge >= 0.3 is 0 Å². The summed E-state index contributed by atoms with van der Waals surface area (Å²) in [6.45, 7) is 0.563. The summed E-state index contributed by atoms with van der Waals surface area (Å²) in [6, 6.07) is 16.3. The average Bonchev–Trinajstić information content (AvgIpc) is 2.54. The second-order valence-electron chi connectivity index (χ2n) is 4.68. The summed E-state index contributed by atoms with van der Waals surface area (Å²) >= 11 is 0. The fourth-order valence-electron chi connectivity index (χ4n) is 2.23. The number of methoxy groups -OCH3 is 1. The minimum atomic E-state index is 0.563. The molecule has 0 unspecified atom stereocenters. The van der Waals surface area contributed by atoms with Gasteiger partial charge in [0.05, 0.1) is 12.6 Å². The van der Waals surface area contributed by atoms with Gasteiger partial charge in [-0.15, -0.1) is 0 Å². The van der Waals surface area contributed by atoms with Gasteiger partial charge in [0, 0.05) is 23.7 Å². The van der Waals surface area contributed by atoms with E-state index in [1.807, 2.05) is 36.5 Å². The molecule has 0 aliphatic rings. The van der Waals surface area contributed by atoms with Crippen LogP contribution in [0.2, 0.25) is 0 Å². The molecule has 0 amide bonds. The summed E-state index contributed by atoms with van der Waals surface area (Å²) in [7, 11) is 1.67. The van der Waals surface area contributed by atoms with Gasteiger partial charge in [0.1, 0.15) is 5.75 Å². The van der Waals surface area contributed by atoms with Crippen LogP contribution in [0, 0.1) is 0 Å². The number of pyridine rings is 1. The molecule has 0 fully saturated rings. The number of hydrogen-bond donors (Lipinski definition) is 1. The molecule has 3 heteroatoms. The largest absolute Gasteiger partial charge is 0.497 e. The minimum absolute atomic E-state index is 0.563. The quantitative estimate of drug-likeness (QED) is 0.789. The van der Waals surface area contributed by atoms with Crippen LogP contribution in [-0.4, -0.2) is 12.1 Å². The van der Waals surface area contributed by atoms with Crippen LogP contribution >= 0.6 is 0 Å². The number of rotatable bonds is 3. The highest BCUT2D eigenvalue weighted by molar-refractivity contribution is 5.84. The van der Waals surface area contributed by atoms with E-state index >= 15 is 0 Å². The highest BCUT2D eigenvalue weighted by Gasteiger charge is 2.02. The molecular formula is C17H16N2O. The molecule has 1 heterocycles. The van der Waals surface area contributed by atoms with Crippen molar-refractivity contribution in [2.45, 2.75) is 6.54 Å². The third kappa shape index (κ3) is 2.36. The zero-order chi connectivity index (χ0) is 13.9. The molecule has 1 aromatic heterocycles. The van der Waals surface area contributed by atoms with Gasteiger partial charge in [0.2, 0.25) is 0 Å². The van der Waals surface area contributed by atoms with Crippen molar-refractivity contribution >= 4 is 10.9 Å². The summed E-state index contributed by atoms with van der Waals surface area (Å²) in [4.78, 5) is 4.50. The molecule has 20 heavy (non-hydrogen) atoms. The Hall–Kier alpha value is -2.39. The van der Waals surface area contributed by atoms with Crippen LogP contribution in [0.1, 0.15) is 5.56 Å². The van der Waals surface area contributed by atoms with Crippen molar-refractivity contribution in [2.24, 2.45) is 5.73 Å². The summed E-state index contributed by atoms with van der Waals surface area (Å²) in [6.07, 6.45) is 1.90. The number of benzene rings is 2. The van der Waals surface area contributed by atoms with Crippen molar-refractivity contribution in [1.29, 1.82) is 0 Å². The van der Waals surface area contributed by atoms with E-state index in [0.29, 0.717) is 6.54 Å². The van der Waals surface area contributed by atoms with Gasteiger partial charge in [-0.05, 0) is 35.4 Å². The van der Waals surface area contributed by atoms with Crippen LogP contribution < -0.4 is 10.5 Å². The molecule has 0 aliphatic heterocycles. The number of aromatic nitrogens is 1. The Bertz CT molecular complexity index is 736. The Kier molecular flexibility index (Phi) is 3.35. The summed E-state index contributed by atoms with van der Waals surface area (Å²) in [5.41, 5.74) is 9.94. The summed E-state index contributed by atoms with van der Waals surface area (Å²) in [5, 5.41) is 1.07. The van der Waals surface area contributed by atoms with E-state index in [0.717, 1.165) is 33.3 Å². The van der Waals surface area contributed by atoms with Gasteiger partial charge in [-0.3, -0.25) is 4.98 Å². The SMILES string of the molecule is COc1ccc2ncc(-c3ccc(CN)cc3)cc2c1. The van der Waals surface area contributed by atoms with Crippen molar-refractivity contribution in [1.82, 2.24) is 4.98 Å². The Morgan fingerprint density at radius 1 is 1.00 bits per heavy atom. The monoisotopic (exact) mass is 264 g/mol. The van der Waals surface area contributed by atoms with Crippen molar-refractivity contribution in [3.05, 3.63) is 60.3 Å². The maximum atomic E-state index is 5.62. The lowest BCUT2D eigenvalue weighted by molar-refractivity contribution is 0.415. The molecule has 0 spiro atoms. The Labute approximate surface area is 118 Å². The van der Waals surface area contributed by atoms with E-state index < -0.39 is 0 Å². The lowest BCUT2D eigenvalue weighted by atomic mass is 10.0. The first-order valence-corrected chi connectivity index (χ1v) is 6.53. The smallest absolute Gasteiger partial charge is 0.119 e. The normalized spacial score (nSPS) is 10.7. The van der Waals surface area contributed by atoms with E-state index in [9.17, 15) is 0 Å². The highest BCUT2D eigenvalue weighted by Crippen LogP contribution is 2.25. The Morgan fingerprint density at radius 3 is 2.50 bits per heavy atom. The molecule has 3 nitrogen and oxygen atoms in total. The maximum absolute atomic E-state index is 5.62. The van der Waals surface area contributed by atoms with Crippen molar-refractivity contribution in [3.63, 3.8) is 0 Å². The van der Waals surface area contributed by atoms with E-state index in [4.69, 9.17) is 10.5 Å². The third-order valence-electron chi connectivity index (χ3n) is 3.41. The standard InChI is InChI=1S/C17H16N2O/c1-20-16-6-7-17-14(9-16)8-15(11-19-17)13-4-2-12(10-18)3-5-13/h2-9,11H,10,18H2,1H3. The molecule has 0 aliphatic carbocycles. The molecule has 2 aromatic carbocycles. The molecule has 0 bridgehead atoms. The molecular weight excluding hydrogens is 248 g/mol. The second kappa shape index (κ2) is 5.31. The van der Waals surface area contributed by atoms with Gasteiger partial charge in [-0.25, -0.2) is 0 Å². The zero-order valence-electron chi connectivity index (χ0n) is 11.3. The van der Waals surface area contributed by atoms with Crippen LogP contribution in [0.5, 0.6) is 5.75 Å². The van der Waals surface area contributed by atoms with Crippen molar-refractivity contribution in [2.75, 3.05) is 7.11 Å². The zero-order valence-corrected chi connectivity index (χ0v) is 11.3. The van der Waals surface area contributed by atoms with Crippen LogP contribution in [0.15, 0.2) is 54.7 Å². The fraction of sp³-hybridized carbons (Fsp3) is 0.118. The Balaban J connectivity index is 2.06. The Morgan fingerprint density at radius 2 is 1.80 bits per heavy atom. The summed E-state index contributed by atoms with van der Waals surface area (Å²) in [5.74, 6) is 0.843. The summed E-state index contributed by atoms with van der Waals surface area (Å²) < 4.78 is 5.26. The van der Waals surface area contributed by atoms with Gasteiger partial charge in [-0.1, -0.05) is 24.3 Å². The molecule has 3 rings (SSSR count). The third-order valence-corrected chi connectivity index (χ3v) is 3.41. The minimum Gasteiger partial charge on any atom is -0.497 e. The maximum Gasteiger partial charge on any atom is 0.119 e. The number of fused-ring (bicyclic) bond motifs is 1. The van der Waals surface area contributed by atoms with Crippen LogP contribution in [-0.2, 0) is 6.54 Å². The molecule has 0 radical (unpaired) electrons. The number of nitrogens with zero attached hydrogens (tertiary/aromatic N) is 1. The fourth-order valence-corrected chi connectivity index (χ4v) is 2.23. The van der Waals surface area contributed by atoms with Gasteiger partial charge < -0.3 is 10.5 Å². The van der Waals surface area contributed by atoms with E-state index in [-0.39, 0.29) is 0 Å². The average molecular weight is 264 g/mol. The first-order valence-electron chi connectivity index (χ1n) is 6.53. The predicted octanol–water partition coefficient (Wildman–Crippen LogP) is 3.37. The van der Waals surface area contributed by atoms with Crippen molar-refractivity contribution in [3.8, 4) is 16.9 Å². The molecule has 0 saturated carbocycles. The first kappa shape index (κ1) is 12.6. The number of ether oxygens (including phenoxy) is 1. The lowest BCUT2D eigenvalue weighted by Crippen LogP contribution is -1.95. The van der Waals surface area contributed by atoms with Crippen LogP contribution in [0.25, 0.3) is 22.0 Å². The van der Waals surface area contributed by atoms with E-state index in [2.05, 4.69) is 23.2 Å². The number of hydrogen-bond acceptors (Lipinski definition) is 3. The first-order chi connectivity index (χ1) is 9.80. The predicted molar refractivity (Wildman–Crippen MR) is 81.6 cm³/mol. The highest BCUT2D eigenvalue weighted by atomic mass is 16.5. The molecule has 100 valence electrons. The van der Waals surface area contributed by atoms with Crippen LogP contribution in [0.4, 0.5) is 0 Å². The van der Waals surface area contributed by atoms with E-state index in [1.54, 1.807) is 7.11 Å². The van der Waals surface area contributed by atoms with Crippen LogP contribution in [0.3, 0.4) is 0 Å². The number of nitrogens with two attached hydrogens (primary N) is 1.